The first-order valence-corrected chi connectivity index (χ1v) is 6.85. The third kappa shape index (κ3) is 4.21. The second kappa shape index (κ2) is 7.09. The van der Waals surface area contributed by atoms with E-state index < -0.39 is 0 Å². The highest BCUT2D eigenvalue weighted by Gasteiger charge is 2.15. The topological polar surface area (TPSA) is 63.2 Å². The van der Waals surface area contributed by atoms with Crippen LogP contribution >= 0.6 is 0 Å². The van der Waals surface area contributed by atoms with Gasteiger partial charge in [0.2, 0.25) is 0 Å². The molecule has 0 spiro atoms. The molecule has 1 aliphatic rings. The van der Waals surface area contributed by atoms with Crippen LogP contribution in [0.3, 0.4) is 0 Å². The Bertz CT molecular complexity index is 417. The first-order valence-electron chi connectivity index (χ1n) is 6.85. The minimum Gasteiger partial charge on any atom is -0.385 e. The molecule has 1 aliphatic heterocycles. The molecule has 2 N–H and O–H groups in total. The van der Waals surface area contributed by atoms with Crippen LogP contribution in [0.15, 0.2) is 18.3 Å². The summed E-state index contributed by atoms with van der Waals surface area (Å²) in [7, 11) is 0. The summed E-state index contributed by atoms with van der Waals surface area (Å²) in [6.45, 7) is 5.08. The number of rotatable bonds is 5. The Hall–Kier alpha value is -1.62. The first kappa shape index (κ1) is 13.8. The molecule has 5 heteroatoms. The molecule has 0 bridgehead atoms. The van der Waals surface area contributed by atoms with Crippen LogP contribution in [0.4, 0.5) is 5.69 Å². The van der Waals surface area contributed by atoms with Gasteiger partial charge in [-0.2, -0.15) is 0 Å². The van der Waals surface area contributed by atoms with Gasteiger partial charge in [-0.15, -0.1) is 0 Å². The number of nitrogens with one attached hydrogen (secondary N) is 2. The Kier molecular flexibility index (Phi) is 5.15. The maximum absolute atomic E-state index is 12.0. The molecule has 104 valence electrons. The van der Waals surface area contributed by atoms with Crippen LogP contribution in [-0.4, -0.2) is 37.2 Å². The average molecular weight is 263 g/mol. The van der Waals surface area contributed by atoms with Gasteiger partial charge in [-0.25, -0.2) is 0 Å². The molecule has 5 nitrogen and oxygen atoms in total. The third-order valence-electron chi connectivity index (χ3n) is 3.18. The van der Waals surface area contributed by atoms with Gasteiger partial charge < -0.3 is 15.4 Å². The Labute approximate surface area is 113 Å². The lowest BCUT2D eigenvalue weighted by Gasteiger charge is -2.22. The van der Waals surface area contributed by atoms with Gasteiger partial charge in [-0.05, 0) is 37.8 Å². The summed E-state index contributed by atoms with van der Waals surface area (Å²) in [6.07, 6.45) is 3.84. The van der Waals surface area contributed by atoms with Crippen LogP contribution in [0, 0.1) is 5.92 Å². The molecular weight excluding hydrogens is 242 g/mol. The van der Waals surface area contributed by atoms with Gasteiger partial charge in [-0.3, -0.25) is 9.78 Å². The molecule has 1 atom stereocenters. The zero-order chi connectivity index (χ0) is 13.5. The summed E-state index contributed by atoms with van der Waals surface area (Å²) in [5, 5.41) is 6.10. The fourth-order valence-electron chi connectivity index (χ4n) is 2.16. The highest BCUT2D eigenvalue weighted by Crippen LogP contribution is 2.12. The quantitative estimate of drug-likeness (QED) is 0.848. The molecule has 1 aromatic rings. The average Bonchev–Trinajstić information content (AvgIpc) is 2.46. The number of nitrogens with zero attached hydrogens (tertiary/aromatic N) is 1. The second-order valence-electron chi connectivity index (χ2n) is 4.75. The van der Waals surface area contributed by atoms with Crippen molar-refractivity contribution in [1.82, 2.24) is 10.3 Å². The number of aromatic nitrogens is 1. The zero-order valence-electron chi connectivity index (χ0n) is 11.3. The molecule has 0 aliphatic carbocycles. The highest BCUT2D eigenvalue weighted by molar-refractivity contribution is 5.93. The molecule has 1 fully saturated rings. The molecule has 2 heterocycles. The van der Waals surface area contributed by atoms with Gasteiger partial charge >= 0.3 is 0 Å². The summed E-state index contributed by atoms with van der Waals surface area (Å²) in [6, 6.07) is 3.63. The van der Waals surface area contributed by atoms with Gasteiger partial charge in [0, 0.05) is 31.6 Å². The van der Waals surface area contributed by atoms with Gasteiger partial charge in [0.05, 0.1) is 6.61 Å². The van der Waals surface area contributed by atoms with Crippen LogP contribution in [0.25, 0.3) is 0 Å². The Morgan fingerprint density at radius 2 is 2.47 bits per heavy atom. The summed E-state index contributed by atoms with van der Waals surface area (Å²) < 4.78 is 5.39. The van der Waals surface area contributed by atoms with Crippen LogP contribution in [-0.2, 0) is 4.74 Å². The molecule has 1 saturated heterocycles. The number of anilines is 1. The number of carbonyl (C=O) groups excluding carboxylic acids is 1. The maximum atomic E-state index is 12.0. The molecule has 1 aromatic heterocycles. The normalized spacial score (nSPS) is 18.9. The smallest absolute Gasteiger partial charge is 0.269 e. The van der Waals surface area contributed by atoms with Crippen molar-refractivity contribution in [2.75, 3.05) is 31.6 Å². The number of hydrogen-bond donors (Lipinski definition) is 2. The molecule has 2 rings (SSSR count). The molecular formula is C14H21N3O2. The fraction of sp³-hybridized carbons (Fsp3) is 0.571. The van der Waals surface area contributed by atoms with Crippen LogP contribution in [0.2, 0.25) is 0 Å². The van der Waals surface area contributed by atoms with E-state index in [1.165, 1.54) is 0 Å². The SMILES string of the molecule is CCNc1ccnc(C(=O)NCC2CCCOC2)c1. The summed E-state index contributed by atoms with van der Waals surface area (Å²) in [5.41, 5.74) is 1.37. The molecule has 0 saturated carbocycles. The van der Waals surface area contributed by atoms with Crippen molar-refractivity contribution in [3.05, 3.63) is 24.0 Å². The summed E-state index contributed by atoms with van der Waals surface area (Å²) >= 11 is 0. The van der Waals surface area contributed by atoms with Gasteiger partial charge in [0.15, 0.2) is 0 Å². The minimum absolute atomic E-state index is 0.120. The van der Waals surface area contributed by atoms with Gasteiger partial charge in [0.25, 0.3) is 5.91 Å². The first-order chi connectivity index (χ1) is 9.29. The molecule has 1 amide bonds. The lowest BCUT2D eigenvalue weighted by atomic mass is 10.0. The van der Waals surface area contributed by atoms with E-state index >= 15 is 0 Å². The number of pyridine rings is 1. The molecule has 19 heavy (non-hydrogen) atoms. The third-order valence-corrected chi connectivity index (χ3v) is 3.18. The number of amides is 1. The Morgan fingerprint density at radius 3 is 3.21 bits per heavy atom. The molecule has 0 aromatic carbocycles. The monoisotopic (exact) mass is 263 g/mol. The number of ether oxygens (including phenoxy) is 1. The summed E-state index contributed by atoms with van der Waals surface area (Å²) in [5.74, 6) is 0.306. The number of carbonyl (C=O) groups is 1. The van der Waals surface area contributed by atoms with E-state index in [4.69, 9.17) is 4.74 Å². The Morgan fingerprint density at radius 1 is 1.58 bits per heavy atom. The van der Waals surface area contributed by atoms with Crippen LogP contribution in [0.5, 0.6) is 0 Å². The van der Waals surface area contributed by atoms with E-state index in [0.717, 1.165) is 38.3 Å². The predicted octanol–water partition coefficient (Wildman–Crippen LogP) is 1.67. The van der Waals surface area contributed by atoms with E-state index in [0.29, 0.717) is 18.2 Å². The lowest BCUT2D eigenvalue weighted by Crippen LogP contribution is -2.33. The fourth-order valence-corrected chi connectivity index (χ4v) is 2.16. The zero-order valence-corrected chi connectivity index (χ0v) is 11.3. The number of hydrogen-bond acceptors (Lipinski definition) is 4. The highest BCUT2D eigenvalue weighted by atomic mass is 16.5. The van der Waals surface area contributed by atoms with Crippen LogP contribution in [0.1, 0.15) is 30.3 Å². The maximum Gasteiger partial charge on any atom is 0.269 e. The van der Waals surface area contributed by atoms with Crippen molar-refractivity contribution >= 4 is 11.6 Å². The van der Waals surface area contributed by atoms with Crippen molar-refractivity contribution in [3.63, 3.8) is 0 Å². The van der Waals surface area contributed by atoms with E-state index in [1.54, 1.807) is 12.3 Å². The summed E-state index contributed by atoms with van der Waals surface area (Å²) in [4.78, 5) is 16.1. The molecule has 1 unspecified atom stereocenters. The van der Waals surface area contributed by atoms with Crippen molar-refractivity contribution in [3.8, 4) is 0 Å². The second-order valence-corrected chi connectivity index (χ2v) is 4.75. The van der Waals surface area contributed by atoms with Crippen molar-refractivity contribution < 1.29 is 9.53 Å². The largest absolute Gasteiger partial charge is 0.385 e. The van der Waals surface area contributed by atoms with Gasteiger partial charge in [0.1, 0.15) is 5.69 Å². The Balaban J connectivity index is 1.86. The standard InChI is InChI=1S/C14H21N3O2/c1-2-15-12-5-6-16-13(8-12)14(18)17-9-11-4-3-7-19-10-11/h5-6,8,11H,2-4,7,9-10H2,1H3,(H,15,16)(H,17,18). The van der Waals surface area contributed by atoms with E-state index in [9.17, 15) is 4.79 Å². The molecule has 0 radical (unpaired) electrons. The van der Waals surface area contributed by atoms with E-state index in [-0.39, 0.29) is 5.91 Å². The van der Waals surface area contributed by atoms with E-state index in [1.807, 2.05) is 13.0 Å². The van der Waals surface area contributed by atoms with Crippen molar-refractivity contribution in [1.29, 1.82) is 0 Å². The van der Waals surface area contributed by atoms with Gasteiger partial charge in [-0.1, -0.05) is 0 Å². The van der Waals surface area contributed by atoms with Crippen molar-refractivity contribution in [2.45, 2.75) is 19.8 Å². The van der Waals surface area contributed by atoms with E-state index in [2.05, 4.69) is 15.6 Å². The van der Waals surface area contributed by atoms with Crippen molar-refractivity contribution in [2.24, 2.45) is 5.92 Å². The lowest BCUT2D eigenvalue weighted by molar-refractivity contribution is 0.0535. The predicted molar refractivity (Wildman–Crippen MR) is 74.3 cm³/mol. The van der Waals surface area contributed by atoms with Crippen LogP contribution < -0.4 is 10.6 Å². The minimum atomic E-state index is -0.120.